The van der Waals surface area contributed by atoms with Gasteiger partial charge in [0.15, 0.2) is 0 Å². The number of aromatic nitrogens is 3. The van der Waals surface area contributed by atoms with Crippen LogP contribution < -0.4 is 10.1 Å². The van der Waals surface area contributed by atoms with Crippen molar-refractivity contribution in [3.8, 4) is 5.75 Å². The molecule has 2 aliphatic rings. The standard InChI is InChI=1S/C27H32N6O4S/c1-19(2)31(3)17-20-9-10-23-24(11-14-37-26(23)15-20)32-18-21(29-30-32)16-25-27(34)28-12-13-33(25)38(35,36)22-7-5-4-6-8-22/h4-10,12-13,15,18-19,24-25H,11,14,16-17H2,1-3H3,(H,28,34). The Hall–Kier alpha value is -3.70. The van der Waals surface area contributed by atoms with Crippen molar-refractivity contribution < 1.29 is 17.9 Å². The second-order valence-corrected chi connectivity index (χ2v) is 11.8. The largest absolute Gasteiger partial charge is 0.493 e. The average molecular weight is 537 g/mol. The van der Waals surface area contributed by atoms with Crippen LogP contribution in [0.5, 0.6) is 5.75 Å². The van der Waals surface area contributed by atoms with E-state index in [-0.39, 0.29) is 17.4 Å². The lowest BCUT2D eigenvalue weighted by Crippen LogP contribution is -2.50. The molecule has 200 valence electrons. The molecule has 0 saturated carbocycles. The number of carbonyl (C=O) groups is 1. The lowest BCUT2D eigenvalue weighted by Gasteiger charge is -2.31. The van der Waals surface area contributed by atoms with Crippen LogP contribution in [0.3, 0.4) is 0 Å². The molecule has 2 aromatic carbocycles. The molecule has 1 amide bonds. The molecule has 1 N–H and O–H groups in total. The van der Waals surface area contributed by atoms with Gasteiger partial charge in [-0.3, -0.25) is 14.0 Å². The summed E-state index contributed by atoms with van der Waals surface area (Å²) in [6, 6.07) is 13.7. The lowest BCUT2D eigenvalue weighted by molar-refractivity contribution is -0.124. The molecule has 10 nitrogen and oxygen atoms in total. The predicted octanol–water partition coefficient (Wildman–Crippen LogP) is 2.69. The Morgan fingerprint density at radius 2 is 1.97 bits per heavy atom. The van der Waals surface area contributed by atoms with Crippen LogP contribution in [0, 0.1) is 0 Å². The first kappa shape index (κ1) is 25.9. The summed E-state index contributed by atoms with van der Waals surface area (Å²) < 4.78 is 35.4. The second-order valence-electron chi connectivity index (χ2n) is 9.92. The minimum Gasteiger partial charge on any atom is -0.493 e. The van der Waals surface area contributed by atoms with Gasteiger partial charge in [0.2, 0.25) is 5.91 Å². The summed E-state index contributed by atoms with van der Waals surface area (Å²) in [4.78, 5) is 15.1. The van der Waals surface area contributed by atoms with Crippen molar-refractivity contribution >= 4 is 15.9 Å². The number of rotatable bonds is 8. The molecule has 5 rings (SSSR count). The van der Waals surface area contributed by atoms with Crippen molar-refractivity contribution in [2.45, 2.75) is 56.3 Å². The third-order valence-corrected chi connectivity index (χ3v) is 8.85. The van der Waals surface area contributed by atoms with Crippen LogP contribution in [0.1, 0.15) is 43.1 Å². The summed E-state index contributed by atoms with van der Waals surface area (Å²) >= 11 is 0. The zero-order valence-corrected chi connectivity index (χ0v) is 22.5. The molecule has 2 atom stereocenters. The molecular formula is C27H32N6O4S. The van der Waals surface area contributed by atoms with E-state index in [1.165, 1.54) is 30.1 Å². The number of nitrogens with zero attached hydrogens (tertiary/aromatic N) is 5. The molecule has 0 saturated heterocycles. The monoisotopic (exact) mass is 536 g/mol. The number of carbonyl (C=O) groups excluding carboxylic acids is 1. The van der Waals surface area contributed by atoms with Gasteiger partial charge < -0.3 is 10.1 Å². The van der Waals surface area contributed by atoms with Crippen molar-refractivity contribution in [2.24, 2.45) is 0 Å². The van der Waals surface area contributed by atoms with Crippen molar-refractivity contribution in [2.75, 3.05) is 13.7 Å². The minimum atomic E-state index is -3.93. The van der Waals surface area contributed by atoms with Crippen molar-refractivity contribution in [3.05, 3.63) is 83.9 Å². The minimum absolute atomic E-state index is 0.0684. The molecule has 1 aromatic heterocycles. The van der Waals surface area contributed by atoms with E-state index in [2.05, 4.69) is 59.6 Å². The Bertz CT molecular complexity index is 1440. The number of sulfonamides is 1. The zero-order valence-electron chi connectivity index (χ0n) is 21.7. The van der Waals surface area contributed by atoms with Crippen LogP contribution >= 0.6 is 0 Å². The van der Waals surface area contributed by atoms with Gasteiger partial charge in [0, 0.05) is 49.6 Å². The molecule has 0 radical (unpaired) electrons. The molecule has 0 spiro atoms. The van der Waals surface area contributed by atoms with Crippen LogP contribution in [0.4, 0.5) is 0 Å². The first-order chi connectivity index (χ1) is 18.2. The zero-order chi connectivity index (χ0) is 26.9. The van der Waals surface area contributed by atoms with Gasteiger partial charge in [-0.05, 0) is 44.7 Å². The third-order valence-electron chi connectivity index (χ3n) is 7.05. The highest BCUT2D eigenvalue weighted by Gasteiger charge is 2.36. The summed E-state index contributed by atoms with van der Waals surface area (Å²) in [5.74, 6) is 0.418. The maximum absolute atomic E-state index is 13.3. The molecule has 11 heteroatoms. The van der Waals surface area contributed by atoms with Crippen LogP contribution in [-0.4, -0.2) is 64.3 Å². The SMILES string of the molecule is CC(C)N(C)Cc1ccc2c(c1)OCCC2n1cc(CC2C(=O)NC=CN2S(=O)(=O)c2ccccc2)nn1. The van der Waals surface area contributed by atoms with Gasteiger partial charge in [0.1, 0.15) is 11.8 Å². The topological polar surface area (TPSA) is 110 Å². The molecule has 2 unspecified atom stereocenters. The van der Waals surface area contributed by atoms with E-state index >= 15 is 0 Å². The van der Waals surface area contributed by atoms with E-state index in [0.717, 1.165) is 28.6 Å². The van der Waals surface area contributed by atoms with E-state index in [1.54, 1.807) is 29.1 Å². The van der Waals surface area contributed by atoms with Gasteiger partial charge in [-0.25, -0.2) is 13.1 Å². The van der Waals surface area contributed by atoms with E-state index in [9.17, 15) is 13.2 Å². The number of nitrogens with one attached hydrogen (secondary N) is 1. The van der Waals surface area contributed by atoms with Gasteiger partial charge in [-0.1, -0.05) is 35.5 Å². The summed E-state index contributed by atoms with van der Waals surface area (Å²) in [6.45, 7) is 5.70. The molecular weight excluding hydrogens is 504 g/mol. The van der Waals surface area contributed by atoms with Gasteiger partial charge in [0.25, 0.3) is 10.0 Å². The maximum atomic E-state index is 13.3. The van der Waals surface area contributed by atoms with Crippen LogP contribution in [0.25, 0.3) is 0 Å². The first-order valence-electron chi connectivity index (χ1n) is 12.7. The number of ether oxygens (including phenoxy) is 1. The molecule has 38 heavy (non-hydrogen) atoms. The summed E-state index contributed by atoms with van der Waals surface area (Å²) in [5.41, 5.74) is 2.73. The smallest absolute Gasteiger partial charge is 0.264 e. The average Bonchev–Trinajstić information content (AvgIpc) is 3.38. The van der Waals surface area contributed by atoms with Crippen molar-refractivity contribution in [1.82, 2.24) is 29.5 Å². The number of fused-ring (bicyclic) bond motifs is 1. The molecule has 3 aromatic rings. The van der Waals surface area contributed by atoms with Gasteiger partial charge in [0.05, 0.1) is 23.2 Å². The van der Waals surface area contributed by atoms with E-state index in [1.807, 2.05) is 0 Å². The first-order valence-corrected chi connectivity index (χ1v) is 14.1. The van der Waals surface area contributed by atoms with E-state index in [0.29, 0.717) is 18.3 Å². The Balaban J connectivity index is 1.36. The predicted molar refractivity (Wildman–Crippen MR) is 142 cm³/mol. The Labute approximate surface area is 222 Å². The fourth-order valence-corrected chi connectivity index (χ4v) is 6.14. The highest BCUT2D eigenvalue weighted by molar-refractivity contribution is 7.89. The lowest BCUT2D eigenvalue weighted by atomic mass is 9.98. The van der Waals surface area contributed by atoms with Crippen molar-refractivity contribution in [1.29, 1.82) is 0 Å². The normalized spacial score (nSPS) is 19.4. The summed E-state index contributed by atoms with van der Waals surface area (Å²) in [6.07, 6.45) is 5.31. The highest BCUT2D eigenvalue weighted by Crippen LogP contribution is 2.35. The Morgan fingerprint density at radius 1 is 1.18 bits per heavy atom. The molecule has 0 fully saturated rings. The van der Waals surface area contributed by atoms with Crippen LogP contribution in [0.15, 0.2) is 72.0 Å². The van der Waals surface area contributed by atoms with E-state index in [4.69, 9.17) is 4.74 Å². The summed E-state index contributed by atoms with van der Waals surface area (Å²) in [5, 5.41) is 11.3. The molecule has 0 aliphatic carbocycles. The van der Waals surface area contributed by atoms with Crippen LogP contribution in [-0.2, 0) is 27.8 Å². The third kappa shape index (κ3) is 5.16. The number of amides is 1. The van der Waals surface area contributed by atoms with Gasteiger partial charge in [-0.15, -0.1) is 5.10 Å². The Morgan fingerprint density at radius 3 is 2.74 bits per heavy atom. The summed E-state index contributed by atoms with van der Waals surface area (Å²) in [7, 11) is -1.83. The van der Waals surface area contributed by atoms with Crippen molar-refractivity contribution in [3.63, 3.8) is 0 Å². The molecule has 0 bridgehead atoms. The van der Waals surface area contributed by atoms with Gasteiger partial charge >= 0.3 is 0 Å². The maximum Gasteiger partial charge on any atom is 0.264 e. The number of hydrogen-bond donors (Lipinski definition) is 1. The quantitative estimate of drug-likeness (QED) is 0.471. The fraction of sp³-hybridized carbons (Fsp3) is 0.370. The second kappa shape index (κ2) is 10.6. The van der Waals surface area contributed by atoms with Crippen LogP contribution in [0.2, 0.25) is 0 Å². The Kier molecular flexibility index (Phi) is 7.22. The molecule has 3 heterocycles. The number of benzene rings is 2. The molecule has 2 aliphatic heterocycles. The van der Waals surface area contributed by atoms with Gasteiger partial charge in [-0.2, -0.15) is 0 Å². The fourth-order valence-electron chi connectivity index (χ4n) is 4.67. The highest BCUT2D eigenvalue weighted by atomic mass is 32.2. The van der Waals surface area contributed by atoms with E-state index < -0.39 is 22.0 Å². The number of hydrogen-bond acceptors (Lipinski definition) is 7.